The predicted octanol–water partition coefficient (Wildman–Crippen LogP) is 4.98. The Morgan fingerprint density at radius 3 is 2.39 bits per heavy atom. The van der Waals surface area contributed by atoms with Gasteiger partial charge in [0.2, 0.25) is 0 Å². The average Bonchev–Trinajstić information content (AvgIpc) is 3.56. The van der Waals surface area contributed by atoms with Gasteiger partial charge < -0.3 is 19.5 Å². The lowest BCUT2D eigenvalue weighted by Crippen LogP contribution is -2.29. The maximum atomic E-state index is 13.8. The standard InChI is InChI=1S/C31H42N2O5/c1-31(2,3)26-16-24(17-27(33-13-8-9-14-33)30(26)38-21-29(35)36)28(34)20-32-18-23(12-15-37-4)25(19-32)22-10-6-5-7-11-22/h5-7,10-11,16-17,23,25H,8-9,12-15,18-21H2,1-4H3,(H,35,36)/t23-,25+/m0/s1. The summed E-state index contributed by atoms with van der Waals surface area (Å²) in [6.07, 6.45) is 3.10. The third-order valence-electron chi connectivity index (χ3n) is 7.79. The van der Waals surface area contributed by atoms with Crippen molar-refractivity contribution in [2.45, 2.75) is 51.4 Å². The summed E-state index contributed by atoms with van der Waals surface area (Å²) in [5.74, 6) is 0.462. The monoisotopic (exact) mass is 522 g/mol. The zero-order valence-corrected chi connectivity index (χ0v) is 23.2. The van der Waals surface area contributed by atoms with Crippen molar-refractivity contribution >= 4 is 17.4 Å². The lowest BCUT2D eigenvalue weighted by atomic mass is 9.84. The van der Waals surface area contributed by atoms with Crippen molar-refractivity contribution in [1.82, 2.24) is 4.90 Å². The number of Topliss-reactive ketones (excluding diaryl/α,β-unsaturated/α-hetero) is 1. The first-order chi connectivity index (χ1) is 18.2. The highest BCUT2D eigenvalue weighted by molar-refractivity contribution is 5.99. The molecule has 7 nitrogen and oxygen atoms in total. The molecule has 38 heavy (non-hydrogen) atoms. The van der Waals surface area contributed by atoms with Gasteiger partial charge in [0.05, 0.1) is 12.2 Å². The lowest BCUT2D eigenvalue weighted by molar-refractivity contribution is -0.139. The van der Waals surface area contributed by atoms with E-state index in [9.17, 15) is 14.7 Å². The van der Waals surface area contributed by atoms with Crippen molar-refractivity contribution < 1.29 is 24.2 Å². The minimum Gasteiger partial charge on any atom is -0.479 e. The largest absolute Gasteiger partial charge is 0.479 e. The Morgan fingerprint density at radius 2 is 1.76 bits per heavy atom. The van der Waals surface area contributed by atoms with E-state index in [1.54, 1.807) is 7.11 Å². The molecule has 2 heterocycles. The van der Waals surface area contributed by atoms with Crippen LogP contribution in [0.3, 0.4) is 0 Å². The fourth-order valence-corrected chi connectivity index (χ4v) is 5.83. The number of carbonyl (C=O) groups excluding carboxylic acids is 1. The number of anilines is 1. The molecule has 2 fully saturated rings. The number of ketones is 1. The Morgan fingerprint density at radius 1 is 1.05 bits per heavy atom. The van der Waals surface area contributed by atoms with Gasteiger partial charge >= 0.3 is 5.97 Å². The molecule has 2 aromatic rings. The van der Waals surface area contributed by atoms with E-state index in [4.69, 9.17) is 9.47 Å². The first-order valence-electron chi connectivity index (χ1n) is 13.7. The summed E-state index contributed by atoms with van der Waals surface area (Å²) >= 11 is 0. The smallest absolute Gasteiger partial charge is 0.341 e. The highest BCUT2D eigenvalue weighted by Gasteiger charge is 2.35. The Labute approximate surface area is 226 Å². The van der Waals surface area contributed by atoms with Gasteiger partial charge in [0, 0.05) is 56.9 Å². The van der Waals surface area contributed by atoms with Crippen molar-refractivity contribution in [1.29, 1.82) is 0 Å². The molecule has 2 aliphatic heterocycles. The van der Waals surface area contributed by atoms with Crippen molar-refractivity contribution in [3.05, 3.63) is 59.2 Å². The second-order valence-corrected chi connectivity index (χ2v) is 11.7. The van der Waals surface area contributed by atoms with Crippen LogP contribution in [0.15, 0.2) is 42.5 Å². The van der Waals surface area contributed by atoms with Crippen LogP contribution in [0.2, 0.25) is 0 Å². The van der Waals surface area contributed by atoms with Crippen LogP contribution in [-0.2, 0) is 14.9 Å². The maximum absolute atomic E-state index is 13.8. The van der Waals surface area contributed by atoms with Crippen LogP contribution in [-0.4, -0.2) is 74.8 Å². The molecular weight excluding hydrogens is 480 g/mol. The zero-order chi connectivity index (χ0) is 27.3. The topological polar surface area (TPSA) is 79.3 Å². The normalized spacial score (nSPS) is 20.2. The summed E-state index contributed by atoms with van der Waals surface area (Å²) in [5.41, 5.74) is 3.36. The number of nitrogens with zero attached hydrogens (tertiary/aromatic N) is 2. The van der Waals surface area contributed by atoms with Crippen molar-refractivity contribution in [3.63, 3.8) is 0 Å². The molecule has 0 aliphatic carbocycles. The number of carboxylic acids is 1. The van der Waals surface area contributed by atoms with E-state index in [0.29, 0.717) is 36.3 Å². The molecular formula is C31H42N2O5. The molecule has 206 valence electrons. The summed E-state index contributed by atoms with van der Waals surface area (Å²) in [6.45, 7) is 10.3. The van der Waals surface area contributed by atoms with Crippen LogP contribution in [0.4, 0.5) is 5.69 Å². The van der Waals surface area contributed by atoms with Crippen molar-refractivity contribution in [2.75, 3.05) is 57.9 Å². The Hall–Kier alpha value is -2.90. The number of likely N-dealkylation sites (tertiary alicyclic amines) is 1. The summed E-state index contributed by atoms with van der Waals surface area (Å²) in [4.78, 5) is 29.6. The first kappa shape index (κ1) is 28.1. The maximum Gasteiger partial charge on any atom is 0.341 e. The summed E-state index contributed by atoms with van der Waals surface area (Å²) in [6, 6.07) is 14.4. The summed E-state index contributed by atoms with van der Waals surface area (Å²) in [5, 5.41) is 9.30. The van der Waals surface area contributed by atoms with Gasteiger partial charge in [0.15, 0.2) is 12.4 Å². The molecule has 0 saturated carbocycles. The van der Waals surface area contributed by atoms with E-state index in [-0.39, 0.29) is 11.2 Å². The molecule has 2 aromatic carbocycles. The minimum atomic E-state index is -1.01. The summed E-state index contributed by atoms with van der Waals surface area (Å²) < 4.78 is 11.3. The van der Waals surface area contributed by atoms with Gasteiger partial charge in [-0.3, -0.25) is 9.69 Å². The number of hydrogen-bond acceptors (Lipinski definition) is 6. The lowest BCUT2D eigenvalue weighted by Gasteiger charge is -2.29. The molecule has 0 radical (unpaired) electrons. The summed E-state index contributed by atoms with van der Waals surface area (Å²) in [7, 11) is 1.74. The number of carboxylic acid groups (broad SMARTS) is 1. The number of benzene rings is 2. The van der Waals surface area contributed by atoms with Crippen LogP contribution in [0, 0.1) is 5.92 Å². The van der Waals surface area contributed by atoms with Gasteiger partial charge in [0.25, 0.3) is 0 Å². The fourth-order valence-electron chi connectivity index (χ4n) is 5.83. The quantitative estimate of drug-likeness (QED) is 0.417. The van der Waals surface area contributed by atoms with E-state index in [1.807, 2.05) is 18.2 Å². The van der Waals surface area contributed by atoms with Gasteiger partial charge in [-0.05, 0) is 48.3 Å². The predicted molar refractivity (Wildman–Crippen MR) is 150 cm³/mol. The number of methoxy groups -OCH3 is 1. The molecule has 2 saturated heterocycles. The third kappa shape index (κ3) is 6.75. The molecule has 2 atom stereocenters. The number of ether oxygens (including phenoxy) is 2. The molecule has 1 N–H and O–H groups in total. The minimum absolute atomic E-state index is 0.0833. The number of hydrogen-bond donors (Lipinski definition) is 1. The molecule has 0 unspecified atom stereocenters. The average molecular weight is 523 g/mol. The van der Waals surface area contributed by atoms with E-state index in [2.05, 4.69) is 54.8 Å². The third-order valence-corrected chi connectivity index (χ3v) is 7.79. The Balaban J connectivity index is 1.61. The van der Waals surface area contributed by atoms with Crippen molar-refractivity contribution in [2.24, 2.45) is 5.92 Å². The second kappa shape index (κ2) is 12.3. The fraction of sp³-hybridized carbons (Fsp3) is 0.548. The SMILES string of the molecule is COCC[C@H]1CN(CC(=O)c2cc(N3CCCC3)c(OCC(=O)O)c(C(C)(C)C)c2)C[C@@H]1c1ccccc1. The van der Waals surface area contributed by atoms with E-state index < -0.39 is 12.6 Å². The first-order valence-corrected chi connectivity index (χ1v) is 13.7. The van der Waals surface area contributed by atoms with E-state index in [1.165, 1.54) is 5.56 Å². The molecule has 2 aliphatic rings. The zero-order valence-electron chi connectivity index (χ0n) is 23.2. The van der Waals surface area contributed by atoms with Crippen LogP contribution >= 0.6 is 0 Å². The van der Waals surface area contributed by atoms with Crippen LogP contribution in [0.25, 0.3) is 0 Å². The van der Waals surface area contributed by atoms with Gasteiger partial charge in [-0.25, -0.2) is 4.79 Å². The molecule has 0 bridgehead atoms. The highest BCUT2D eigenvalue weighted by Crippen LogP contribution is 2.42. The van der Waals surface area contributed by atoms with Crippen LogP contribution in [0.1, 0.15) is 67.4 Å². The van der Waals surface area contributed by atoms with Gasteiger partial charge in [-0.15, -0.1) is 0 Å². The molecule has 4 rings (SSSR count). The second-order valence-electron chi connectivity index (χ2n) is 11.7. The number of carbonyl (C=O) groups is 2. The van der Waals surface area contributed by atoms with Crippen LogP contribution in [0.5, 0.6) is 5.75 Å². The Bertz CT molecular complexity index is 1110. The van der Waals surface area contributed by atoms with Crippen molar-refractivity contribution in [3.8, 4) is 5.75 Å². The Kier molecular flexibility index (Phi) is 9.11. The number of rotatable bonds is 11. The van der Waals surface area contributed by atoms with Gasteiger partial charge in [0.1, 0.15) is 5.75 Å². The molecule has 0 amide bonds. The molecule has 0 spiro atoms. The highest BCUT2D eigenvalue weighted by atomic mass is 16.5. The van der Waals surface area contributed by atoms with Gasteiger partial charge in [-0.2, -0.15) is 0 Å². The number of aliphatic carboxylic acids is 1. The van der Waals surface area contributed by atoms with Crippen LogP contribution < -0.4 is 9.64 Å². The van der Waals surface area contributed by atoms with E-state index >= 15 is 0 Å². The molecule has 7 heteroatoms. The van der Waals surface area contributed by atoms with E-state index in [0.717, 1.165) is 56.7 Å². The van der Waals surface area contributed by atoms with Gasteiger partial charge in [-0.1, -0.05) is 51.1 Å². The molecule has 0 aromatic heterocycles.